The molecule has 16 heavy (non-hydrogen) atoms. The number of carboxylic acids is 1. The summed E-state index contributed by atoms with van der Waals surface area (Å²) in [6.07, 6.45) is -0.506. The lowest BCUT2D eigenvalue weighted by molar-refractivity contribution is -0.148. The van der Waals surface area contributed by atoms with Crippen LogP contribution in [0.2, 0.25) is 0 Å². The largest absolute Gasteiger partial charge is 0.478 e. The molecule has 4 heteroatoms. The van der Waals surface area contributed by atoms with Crippen LogP contribution in [0.5, 0.6) is 0 Å². The maximum atomic E-state index is 10.7. The highest BCUT2D eigenvalue weighted by molar-refractivity contribution is 6.03. The molecule has 1 N–H and O–H groups in total. The molecule has 1 aromatic carbocycles. The van der Waals surface area contributed by atoms with Gasteiger partial charge in [0.25, 0.3) is 0 Å². The zero-order chi connectivity index (χ0) is 11.7. The molecule has 0 radical (unpaired) electrons. The maximum absolute atomic E-state index is 10.7. The Morgan fingerprint density at radius 1 is 1.38 bits per heavy atom. The number of carbonyl (C=O) groups is 1. The highest BCUT2D eigenvalue weighted by Crippen LogP contribution is 2.19. The minimum Gasteiger partial charge on any atom is -0.478 e. The number of oxime groups is 1. The van der Waals surface area contributed by atoms with Crippen molar-refractivity contribution in [3.63, 3.8) is 0 Å². The number of nitrogens with zero attached hydrogens (tertiary/aromatic N) is 1. The number of hydrogen-bond acceptors (Lipinski definition) is 3. The second-order valence-electron chi connectivity index (χ2n) is 4.05. The molecule has 1 aromatic rings. The topological polar surface area (TPSA) is 58.9 Å². The molecular formula is C12H13NO3. The van der Waals surface area contributed by atoms with Gasteiger partial charge in [-0.05, 0) is 19.4 Å². The molecule has 0 fully saturated rings. The fourth-order valence-corrected chi connectivity index (χ4v) is 1.82. The van der Waals surface area contributed by atoms with E-state index in [1.165, 1.54) is 0 Å². The first-order valence-electron chi connectivity index (χ1n) is 5.10. The summed E-state index contributed by atoms with van der Waals surface area (Å²) < 4.78 is 0. The Morgan fingerprint density at radius 2 is 2.00 bits per heavy atom. The van der Waals surface area contributed by atoms with E-state index in [0.29, 0.717) is 12.1 Å². The third kappa shape index (κ3) is 2.05. The number of hydrogen-bond donors (Lipinski definition) is 1. The fourth-order valence-electron chi connectivity index (χ4n) is 1.82. The van der Waals surface area contributed by atoms with E-state index in [1.54, 1.807) is 0 Å². The Labute approximate surface area is 93.5 Å². The van der Waals surface area contributed by atoms with Crippen molar-refractivity contribution < 1.29 is 14.7 Å². The summed E-state index contributed by atoms with van der Waals surface area (Å²) in [7, 11) is 0. The van der Waals surface area contributed by atoms with Crippen LogP contribution in [-0.4, -0.2) is 22.9 Å². The molecule has 2 rings (SSSR count). The normalized spacial score (nSPS) is 19.1. The van der Waals surface area contributed by atoms with Crippen molar-refractivity contribution in [3.05, 3.63) is 34.9 Å². The summed E-state index contributed by atoms with van der Waals surface area (Å²) >= 11 is 0. The number of benzene rings is 1. The van der Waals surface area contributed by atoms with Crippen LogP contribution in [0.3, 0.4) is 0 Å². The fraction of sp³-hybridized carbons (Fsp3) is 0.333. The quantitative estimate of drug-likeness (QED) is 0.826. The predicted molar refractivity (Wildman–Crippen MR) is 59.6 cm³/mol. The van der Waals surface area contributed by atoms with Crippen LogP contribution in [-0.2, 0) is 9.63 Å². The molecule has 0 amide bonds. The first kappa shape index (κ1) is 10.7. The molecule has 4 nitrogen and oxygen atoms in total. The summed E-state index contributed by atoms with van der Waals surface area (Å²) in [5.74, 6) is -0.969. The lowest BCUT2D eigenvalue weighted by atomic mass is 10.0. The summed E-state index contributed by atoms with van der Waals surface area (Å²) in [6, 6.07) is 6.04. The molecule has 84 valence electrons. The average Bonchev–Trinajstić information content (AvgIpc) is 2.64. The van der Waals surface area contributed by atoms with Gasteiger partial charge in [0.2, 0.25) is 6.10 Å². The molecule has 1 unspecified atom stereocenters. The third-order valence-electron chi connectivity index (χ3n) is 2.50. The molecule has 0 bridgehead atoms. The monoisotopic (exact) mass is 219 g/mol. The number of rotatable bonds is 2. The van der Waals surface area contributed by atoms with Crippen LogP contribution >= 0.6 is 0 Å². The van der Waals surface area contributed by atoms with E-state index in [-0.39, 0.29) is 0 Å². The molecule has 1 heterocycles. The second kappa shape index (κ2) is 3.96. The number of aliphatic carboxylic acids is 1. The minimum atomic E-state index is -0.969. The molecule has 1 aliphatic heterocycles. The molecule has 1 atom stereocenters. The molecule has 0 saturated heterocycles. The molecule has 0 saturated carbocycles. The second-order valence-corrected chi connectivity index (χ2v) is 4.05. The standard InChI is InChI=1S/C12H13NO3/c1-7-3-8(2)5-9(4-7)10-6-11(12(14)15)16-13-10/h3-5,11H,6H2,1-2H3,(H,14,15). The van der Waals surface area contributed by atoms with E-state index in [0.717, 1.165) is 16.7 Å². The summed E-state index contributed by atoms with van der Waals surface area (Å²) in [6.45, 7) is 4.00. The Kier molecular flexibility index (Phi) is 2.64. The van der Waals surface area contributed by atoms with E-state index < -0.39 is 12.1 Å². The minimum absolute atomic E-state index is 0.332. The third-order valence-corrected chi connectivity index (χ3v) is 2.50. The van der Waals surface area contributed by atoms with Gasteiger partial charge in [0.15, 0.2) is 0 Å². The van der Waals surface area contributed by atoms with Crippen LogP contribution in [0.1, 0.15) is 23.1 Å². The van der Waals surface area contributed by atoms with Crippen LogP contribution < -0.4 is 0 Å². The van der Waals surface area contributed by atoms with Gasteiger partial charge in [-0.1, -0.05) is 34.5 Å². The summed E-state index contributed by atoms with van der Waals surface area (Å²) in [5, 5.41) is 12.6. The van der Waals surface area contributed by atoms with Crippen molar-refractivity contribution in [1.29, 1.82) is 0 Å². The van der Waals surface area contributed by atoms with E-state index >= 15 is 0 Å². The molecule has 0 aliphatic carbocycles. The van der Waals surface area contributed by atoms with Crippen LogP contribution in [0.4, 0.5) is 0 Å². The van der Waals surface area contributed by atoms with Gasteiger partial charge >= 0.3 is 5.97 Å². The zero-order valence-corrected chi connectivity index (χ0v) is 9.23. The van der Waals surface area contributed by atoms with Gasteiger partial charge in [-0.15, -0.1) is 0 Å². The zero-order valence-electron chi connectivity index (χ0n) is 9.23. The summed E-state index contributed by atoms with van der Waals surface area (Å²) in [5.41, 5.74) is 3.92. The van der Waals surface area contributed by atoms with E-state index in [4.69, 9.17) is 9.94 Å². The van der Waals surface area contributed by atoms with Gasteiger partial charge in [-0.2, -0.15) is 0 Å². The van der Waals surface area contributed by atoms with E-state index in [9.17, 15) is 4.79 Å². The van der Waals surface area contributed by atoms with Crippen molar-refractivity contribution in [2.75, 3.05) is 0 Å². The van der Waals surface area contributed by atoms with Crippen LogP contribution in [0, 0.1) is 13.8 Å². The first-order chi connectivity index (χ1) is 7.56. The Hall–Kier alpha value is -1.84. The lowest BCUT2D eigenvalue weighted by Crippen LogP contribution is -2.19. The average molecular weight is 219 g/mol. The van der Waals surface area contributed by atoms with Crippen LogP contribution in [0.15, 0.2) is 23.4 Å². The van der Waals surface area contributed by atoms with Crippen molar-refractivity contribution in [1.82, 2.24) is 0 Å². The number of carboxylic acid groups (broad SMARTS) is 1. The smallest absolute Gasteiger partial charge is 0.348 e. The maximum Gasteiger partial charge on any atom is 0.348 e. The first-order valence-corrected chi connectivity index (χ1v) is 5.10. The van der Waals surface area contributed by atoms with Gasteiger partial charge in [-0.25, -0.2) is 4.79 Å². The lowest BCUT2D eigenvalue weighted by Gasteiger charge is -2.03. The van der Waals surface area contributed by atoms with Crippen molar-refractivity contribution in [2.45, 2.75) is 26.4 Å². The van der Waals surface area contributed by atoms with Gasteiger partial charge in [-0.3, -0.25) is 0 Å². The molecule has 1 aliphatic rings. The number of aryl methyl sites for hydroxylation is 2. The predicted octanol–water partition coefficient (Wildman–Crippen LogP) is 1.88. The van der Waals surface area contributed by atoms with Gasteiger partial charge in [0, 0.05) is 6.42 Å². The SMILES string of the molecule is Cc1cc(C)cc(C2=NOC(C(=O)O)C2)c1. The molecule has 0 aromatic heterocycles. The highest BCUT2D eigenvalue weighted by atomic mass is 16.7. The Bertz CT molecular complexity index is 445. The summed E-state index contributed by atoms with van der Waals surface area (Å²) in [4.78, 5) is 15.6. The van der Waals surface area contributed by atoms with E-state index in [2.05, 4.69) is 11.2 Å². The van der Waals surface area contributed by atoms with Crippen molar-refractivity contribution >= 4 is 11.7 Å². The van der Waals surface area contributed by atoms with Gasteiger partial charge < -0.3 is 9.94 Å². The van der Waals surface area contributed by atoms with Gasteiger partial charge in [0.1, 0.15) is 0 Å². The Morgan fingerprint density at radius 3 is 2.50 bits per heavy atom. The highest BCUT2D eigenvalue weighted by Gasteiger charge is 2.28. The molecular weight excluding hydrogens is 206 g/mol. The van der Waals surface area contributed by atoms with Crippen LogP contribution in [0.25, 0.3) is 0 Å². The molecule has 0 spiro atoms. The van der Waals surface area contributed by atoms with Crippen molar-refractivity contribution in [3.8, 4) is 0 Å². The van der Waals surface area contributed by atoms with Gasteiger partial charge in [0.05, 0.1) is 5.71 Å². The Balaban J connectivity index is 2.23. The van der Waals surface area contributed by atoms with E-state index in [1.807, 2.05) is 26.0 Å². The van der Waals surface area contributed by atoms with Crippen molar-refractivity contribution in [2.24, 2.45) is 5.16 Å².